The molecule has 7 nitrogen and oxygen atoms in total. The van der Waals surface area contributed by atoms with Crippen LogP contribution in [-0.2, 0) is 11.8 Å². The number of carbonyl (C=O) groups excluding carboxylic acids is 2. The van der Waals surface area contributed by atoms with E-state index in [1.54, 1.807) is 22.7 Å². The SMILES string of the molecule is CCC(NC(=O)c1cc(C(=O)N2CCOCC2)nn1C)C12CC3CC(CC(C3)C1)C2. The number of hydrogen-bond donors (Lipinski definition) is 1. The Balaban J connectivity index is 1.31. The molecule has 7 heteroatoms. The summed E-state index contributed by atoms with van der Waals surface area (Å²) in [6.45, 7) is 4.44. The fourth-order valence-electron chi connectivity index (χ4n) is 7.24. The van der Waals surface area contributed by atoms with Crippen molar-refractivity contribution in [3.63, 3.8) is 0 Å². The van der Waals surface area contributed by atoms with Gasteiger partial charge < -0.3 is 15.0 Å². The van der Waals surface area contributed by atoms with Crippen molar-refractivity contribution in [3.8, 4) is 0 Å². The van der Waals surface area contributed by atoms with Gasteiger partial charge in [-0.1, -0.05) is 6.92 Å². The quantitative estimate of drug-likeness (QED) is 0.804. The lowest BCUT2D eigenvalue weighted by atomic mass is 9.47. The number of morpholine rings is 1. The van der Waals surface area contributed by atoms with Crippen molar-refractivity contribution >= 4 is 11.8 Å². The minimum absolute atomic E-state index is 0.103. The predicted molar refractivity (Wildman–Crippen MR) is 112 cm³/mol. The molecule has 4 saturated carbocycles. The Labute approximate surface area is 178 Å². The summed E-state index contributed by atoms with van der Waals surface area (Å²) in [7, 11) is 1.75. The van der Waals surface area contributed by atoms with Crippen molar-refractivity contribution in [2.24, 2.45) is 30.2 Å². The minimum atomic E-state index is -0.124. The molecule has 2 heterocycles. The zero-order chi connectivity index (χ0) is 20.9. The van der Waals surface area contributed by atoms with Crippen LogP contribution in [0.1, 0.15) is 72.8 Å². The molecule has 0 spiro atoms. The Hall–Kier alpha value is -1.89. The van der Waals surface area contributed by atoms with Gasteiger partial charge in [0.05, 0.1) is 13.2 Å². The number of amides is 2. The standard InChI is InChI=1S/C23H34N4O3/c1-3-20(23-12-15-8-16(13-23)10-17(9-15)14-23)24-21(28)19-11-18(25-26(19)2)22(29)27-4-6-30-7-5-27/h11,15-17,20H,3-10,12-14H2,1-2H3,(H,24,28). The average molecular weight is 415 g/mol. The number of nitrogens with zero attached hydrogens (tertiary/aromatic N) is 3. The maximum absolute atomic E-state index is 13.2. The molecule has 1 unspecified atom stereocenters. The Morgan fingerprint density at radius 2 is 1.77 bits per heavy atom. The maximum Gasteiger partial charge on any atom is 0.274 e. The summed E-state index contributed by atoms with van der Waals surface area (Å²) in [5.41, 5.74) is 1.08. The summed E-state index contributed by atoms with van der Waals surface area (Å²) in [5, 5.41) is 7.72. The number of hydrogen-bond acceptors (Lipinski definition) is 4. The Morgan fingerprint density at radius 1 is 1.17 bits per heavy atom. The zero-order valence-corrected chi connectivity index (χ0v) is 18.2. The van der Waals surface area contributed by atoms with Crippen LogP contribution in [0.4, 0.5) is 0 Å². The molecular formula is C23H34N4O3. The average Bonchev–Trinajstić information content (AvgIpc) is 3.12. The number of nitrogens with one attached hydrogen (secondary N) is 1. The third-order valence-electron chi connectivity index (χ3n) is 8.17. The lowest BCUT2D eigenvalue weighted by Gasteiger charge is -2.59. The highest BCUT2D eigenvalue weighted by Crippen LogP contribution is 2.61. The zero-order valence-electron chi connectivity index (χ0n) is 18.2. The second-order valence-electron chi connectivity index (χ2n) is 10.2. The topological polar surface area (TPSA) is 76.5 Å². The van der Waals surface area contributed by atoms with E-state index >= 15 is 0 Å². The monoisotopic (exact) mass is 414 g/mol. The summed E-state index contributed by atoms with van der Waals surface area (Å²) in [6, 6.07) is 1.85. The van der Waals surface area contributed by atoms with Gasteiger partial charge in [-0.2, -0.15) is 5.10 Å². The molecule has 1 aromatic rings. The van der Waals surface area contributed by atoms with Crippen LogP contribution in [0.2, 0.25) is 0 Å². The Kier molecular flexibility index (Phi) is 5.12. The first kappa shape index (κ1) is 20.0. The molecule has 5 aliphatic rings. The number of carbonyl (C=O) groups is 2. The normalized spacial score (nSPS) is 33.5. The maximum atomic E-state index is 13.2. The fraction of sp³-hybridized carbons (Fsp3) is 0.783. The first-order valence-corrected chi connectivity index (χ1v) is 11.7. The van der Waals surface area contributed by atoms with Gasteiger partial charge in [-0.3, -0.25) is 14.3 Å². The van der Waals surface area contributed by atoms with Crippen molar-refractivity contribution in [1.82, 2.24) is 20.0 Å². The van der Waals surface area contributed by atoms with E-state index in [0.717, 1.165) is 24.2 Å². The van der Waals surface area contributed by atoms with Gasteiger partial charge in [0.2, 0.25) is 0 Å². The summed E-state index contributed by atoms with van der Waals surface area (Å²) < 4.78 is 6.88. The third-order valence-corrected chi connectivity index (χ3v) is 8.17. The first-order valence-electron chi connectivity index (χ1n) is 11.7. The van der Waals surface area contributed by atoms with E-state index in [9.17, 15) is 9.59 Å². The molecule has 1 aliphatic heterocycles. The predicted octanol–water partition coefficient (Wildman–Crippen LogP) is 2.62. The number of aromatic nitrogens is 2. The molecule has 1 N–H and O–H groups in total. The van der Waals surface area contributed by atoms with Crippen LogP contribution in [0.5, 0.6) is 0 Å². The highest BCUT2D eigenvalue weighted by Gasteiger charge is 2.54. The van der Waals surface area contributed by atoms with Crippen LogP contribution in [0.25, 0.3) is 0 Å². The smallest absolute Gasteiger partial charge is 0.274 e. The van der Waals surface area contributed by atoms with Crippen LogP contribution >= 0.6 is 0 Å². The molecule has 1 saturated heterocycles. The molecule has 1 atom stereocenters. The van der Waals surface area contributed by atoms with Gasteiger partial charge in [0.1, 0.15) is 5.69 Å². The van der Waals surface area contributed by atoms with Crippen molar-refractivity contribution < 1.29 is 14.3 Å². The van der Waals surface area contributed by atoms with Gasteiger partial charge in [-0.15, -0.1) is 0 Å². The molecule has 4 aliphatic carbocycles. The molecule has 4 bridgehead atoms. The molecular weight excluding hydrogens is 380 g/mol. The number of ether oxygens (including phenoxy) is 1. The van der Waals surface area contributed by atoms with Crippen molar-refractivity contribution in [2.45, 2.75) is 57.9 Å². The van der Waals surface area contributed by atoms with Crippen molar-refractivity contribution in [2.75, 3.05) is 26.3 Å². The third kappa shape index (κ3) is 3.45. The van der Waals surface area contributed by atoms with Crippen LogP contribution in [0.3, 0.4) is 0 Å². The Bertz CT molecular complexity index is 791. The Morgan fingerprint density at radius 3 is 2.33 bits per heavy atom. The number of rotatable bonds is 5. The summed E-state index contributed by atoms with van der Waals surface area (Å²) in [6.07, 6.45) is 8.96. The largest absolute Gasteiger partial charge is 0.378 e. The lowest BCUT2D eigenvalue weighted by molar-refractivity contribution is -0.0727. The molecule has 6 rings (SSSR count). The van der Waals surface area contributed by atoms with Gasteiger partial charge in [-0.25, -0.2) is 0 Å². The molecule has 1 aromatic heterocycles. The highest BCUT2D eigenvalue weighted by atomic mass is 16.5. The lowest BCUT2D eigenvalue weighted by Crippen LogP contribution is -2.56. The number of aryl methyl sites for hydroxylation is 1. The fourth-order valence-corrected chi connectivity index (χ4v) is 7.24. The molecule has 0 aromatic carbocycles. The second-order valence-corrected chi connectivity index (χ2v) is 10.2. The van der Waals surface area contributed by atoms with Gasteiger partial charge in [0.15, 0.2) is 5.69 Å². The van der Waals surface area contributed by atoms with Gasteiger partial charge in [0.25, 0.3) is 11.8 Å². The van der Waals surface area contributed by atoms with Gasteiger partial charge in [0, 0.05) is 32.2 Å². The van der Waals surface area contributed by atoms with Crippen molar-refractivity contribution in [1.29, 1.82) is 0 Å². The van der Waals surface area contributed by atoms with E-state index in [1.165, 1.54) is 38.5 Å². The summed E-state index contributed by atoms with van der Waals surface area (Å²) in [4.78, 5) is 27.7. The van der Waals surface area contributed by atoms with Crippen molar-refractivity contribution in [3.05, 3.63) is 17.5 Å². The molecule has 2 amide bonds. The minimum Gasteiger partial charge on any atom is -0.378 e. The highest BCUT2D eigenvalue weighted by molar-refractivity contribution is 5.98. The van der Waals surface area contributed by atoms with E-state index in [2.05, 4.69) is 17.3 Å². The molecule has 5 fully saturated rings. The van der Waals surface area contributed by atoms with E-state index < -0.39 is 0 Å². The van der Waals surface area contributed by atoms with Crippen LogP contribution < -0.4 is 5.32 Å². The first-order chi connectivity index (χ1) is 14.5. The van der Waals surface area contributed by atoms with Crippen LogP contribution in [-0.4, -0.2) is 58.8 Å². The van der Waals surface area contributed by atoms with Gasteiger partial charge in [-0.05, 0) is 68.1 Å². The summed E-state index contributed by atoms with van der Waals surface area (Å²) >= 11 is 0. The van der Waals surface area contributed by atoms with E-state index in [4.69, 9.17) is 4.74 Å². The summed E-state index contributed by atoms with van der Waals surface area (Å²) in [5.74, 6) is 2.35. The van der Waals surface area contributed by atoms with E-state index in [-0.39, 0.29) is 23.3 Å². The molecule has 0 radical (unpaired) electrons. The molecule has 30 heavy (non-hydrogen) atoms. The van der Waals surface area contributed by atoms with Crippen LogP contribution in [0.15, 0.2) is 6.07 Å². The van der Waals surface area contributed by atoms with E-state index in [1.807, 2.05) is 0 Å². The van der Waals surface area contributed by atoms with E-state index in [0.29, 0.717) is 37.7 Å². The molecule has 164 valence electrons. The van der Waals surface area contributed by atoms with Gasteiger partial charge >= 0.3 is 0 Å². The second kappa shape index (κ2) is 7.66. The van der Waals surface area contributed by atoms with Crippen LogP contribution in [0, 0.1) is 23.2 Å².